The van der Waals surface area contributed by atoms with Gasteiger partial charge in [0.2, 0.25) is 23.6 Å². The first kappa shape index (κ1) is 28.9. The van der Waals surface area contributed by atoms with E-state index >= 15 is 0 Å². The number of nitrogens with one attached hydrogen (secondary N) is 3. The Morgan fingerprint density at radius 2 is 1.47 bits per heavy atom. The van der Waals surface area contributed by atoms with Gasteiger partial charge in [-0.2, -0.15) is 12.6 Å². The van der Waals surface area contributed by atoms with Gasteiger partial charge in [0.1, 0.15) is 24.2 Å². The van der Waals surface area contributed by atoms with Gasteiger partial charge in [-0.25, -0.2) is 4.79 Å². The molecule has 0 fully saturated rings. The average molecular weight is 498 g/mol. The van der Waals surface area contributed by atoms with E-state index < -0.39 is 59.9 Å². The number of carboxylic acid groups (broad SMARTS) is 1. The number of amides is 4. The molecular formula is C21H31N5O7S. The van der Waals surface area contributed by atoms with Gasteiger partial charge in [0.25, 0.3) is 0 Å². The SMILES string of the molecule is CC(O)C(N)C(=O)NC(CS)C(=O)NC(CCC(N)=O)C(=O)NC(Cc1ccccc1)C(=O)O. The topological polar surface area (TPSA) is 214 Å². The highest BCUT2D eigenvalue weighted by Gasteiger charge is 2.30. The zero-order valence-corrected chi connectivity index (χ0v) is 19.5. The minimum absolute atomic E-state index is 0.00897. The van der Waals surface area contributed by atoms with Gasteiger partial charge >= 0.3 is 5.97 Å². The molecule has 0 radical (unpaired) electrons. The Morgan fingerprint density at radius 3 is 1.97 bits per heavy atom. The third-order valence-corrected chi connectivity index (χ3v) is 5.21. The van der Waals surface area contributed by atoms with Crippen LogP contribution < -0.4 is 27.4 Å². The average Bonchev–Trinajstić information content (AvgIpc) is 2.78. The molecule has 0 heterocycles. The fraction of sp³-hybridized carbons (Fsp3) is 0.476. The molecule has 13 heteroatoms. The lowest BCUT2D eigenvalue weighted by atomic mass is 10.0. The van der Waals surface area contributed by atoms with Crippen molar-refractivity contribution >= 4 is 42.2 Å². The summed E-state index contributed by atoms with van der Waals surface area (Å²) in [7, 11) is 0. The molecule has 0 aromatic heterocycles. The number of carboxylic acids is 1. The van der Waals surface area contributed by atoms with Gasteiger partial charge in [-0.3, -0.25) is 19.2 Å². The standard InChI is InChI=1S/C21H31N5O7S/c1-11(27)17(23)20(31)26-15(10-34)19(30)24-13(7-8-16(22)28)18(29)25-14(21(32)33)9-12-5-3-2-4-6-12/h2-6,11,13-15,17,27,34H,7-10,23H2,1H3,(H2,22,28)(H,24,30)(H,25,29)(H,26,31)(H,32,33). The highest BCUT2D eigenvalue weighted by molar-refractivity contribution is 7.80. The van der Waals surface area contributed by atoms with E-state index in [4.69, 9.17) is 11.5 Å². The van der Waals surface area contributed by atoms with Gasteiger partial charge in [-0.15, -0.1) is 0 Å². The summed E-state index contributed by atoms with van der Waals surface area (Å²) in [6, 6.07) is 3.48. The number of carbonyl (C=O) groups is 5. The van der Waals surface area contributed by atoms with Crippen molar-refractivity contribution in [1.29, 1.82) is 0 Å². The third-order valence-electron chi connectivity index (χ3n) is 4.85. The van der Waals surface area contributed by atoms with Crippen LogP contribution in [0.5, 0.6) is 0 Å². The Kier molecular flexibility index (Phi) is 12.0. The molecule has 1 aromatic carbocycles. The highest BCUT2D eigenvalue weighted by atomic mass is 32.1. The summed E-state index contributed by atoms with van der Waals surface area (Å²) in [5.74, 6) is -4.66. The molecule has 1 aromatic rings. The van der Waals surface area contributed by atoms with Crippen LogP contribution in [0.4, 0.5) is 0 Å². The predicted molar refractivity (Wildman–Crippen MR) is 126 cm³/mol. The number of aliphatic hydroxyl groups is 1. The van der Waals surface area contributed by atoms with Crippen molar-refractivity contribution in [2.24, 2.45) is 11.5 Å². The molecule has 1 rings (SSSR count). The van der Waals surface area contributed by atoms with Crippen LogP contribution in [0, 0.1) is 0 Å². The van der Waals surface area contributed by atoms with E-state index in [1.165, 1.54) is 6.92 Å². The maximum atomic E-state index is 12.8. The van der Waals surface area contributed by atoms with Crippen LogP contribution >= 0.6 is 12.6 Å². The molecule has 34 heavy (non-hydrogen) atoms. The van der Waals surface area contributed by atoms with Crippen LogP contribution in [0.25, 0.3) is 0 Å². The van der Waals surface area contributed by atoms with Crippen molar-refractivity contribution in [3.8, 4) is 0 Å². The first-order valence-electron chi connectivity index (χ1n) is 10.5. The Hall–Kier alpha value is -3.16. The summed E-state index contributed by atoms with van der Waals surface area (Å²) in [4.78, 5) is 60.5. The molecule has 0 aliphatic rings. The second-order valence-corrected chi connectivity index (χ2v) is 8.03. The van der Waals surface area contributed by atoms with Crippen LogP contribution in [0.2, 0.25) is 0 Å². The number of aliphatic carboxylic acids is 1. The number of nitrogens with two attached hydrogens (primary N) is 2. The number of hydrogen-bond acceptors (Lipinski definition) is 8. The van der Waals surface area contributed by atoms with Crippen molar-refractivity contribution in [1.82, 2.24) is 16.0 Å². The van der Waals surface area contributed by atoms with E-state index in [0.717, 1.165) is 0 Å². The molecule has 188 valence electrons. The number of thiol groups is 1. The molecular weight excluding hydrogens is 466 g/mol. The smallest absolute Gasteiger partial charge is 0.326 e. The van der Waals surface area contributed by atoms with E-state index in [9.17, 15) is 34.2 Å². The lowest BCUT2D eigenvalue weighted by Gasteiger charge is -2.24. The van der Waals surface area contributed by atoms with Gasteiger partial charge in [0.15, 0.2) is 0 Å². The minimum atomic E-state index is -1.32. The first-order chi connectivity index (χ1) is 16.0. The summed E-state index contributed by atoms with van der Waals surface area (Å²) in [5, 5.41) is 26.0. The quantitative estimate of drug-likeness (QED) is 0.130. The summed E-state index contributed by atoms with van der Waals surface area (Å²) in [6.45, 7) is 1.30. The first-order valence-corrected chi connectivity index (χ1v) is 11.1. The molecule has 4 amide bonds. The molecule has 0 saturated carbocycles. The van der Waals surface area contributed by atoms with E-state index in [1.807, 2.05) is 0 Å². The van der Waals surface area contributed by atoms with E-state index in [-0.39, 0.29) is 25.0 Å². The maximum absolute atomic E-state index is 12.8. The third kappa shape index (κ3) is 9.77. The number of rotatable bonds is 14. The maximum Gasteiger partial charge on any atom is 0.326 e. The molecule has 5 atom stereocenters. The van der Waals surface area contributed by atoms with Crippen LogP contribution in [-0.4, -0.2) is 75.8 Å². The van der Waals surface area contributed by atoms with E-state index in [0.29, 0.717) is 5.56 Å². The number of aliphatic hydroxyl groups excluding tert-OH is 1. The van der Waals surface area contributed by atoms with Crippen molar-refractivity contribution < 1.29 is 34.2 Å². The molecule has 9 N–H and O–H groups in total. The molecule has 5 unspecified atom stereocenters. The molecule has 12 nitrogen and oxygen atoms in total. The summed E-state index contributed by atoms with van der Waals surface area (Å²) >= 11 is 4.02. The Morgan fingerprint density at radius 1 is 0.941 bits per heavy atom. The molecule has 0 spiro atoms. The van der Waals surface area contributed by atoms with Crippen molar-refractivity contribution in [3.05, 3.63) is 35.9 Å². The van der Waals surface area contributed by atoms with Crippen molar-refractivity contribution in [3.63, 3.8) is 0 Å². The lowest BCUT2D eigenvalue weighted by Crippen LogP contribution is -2.58. The number of primary amides is 1. The Bertz CT molecular complexity index is 868. The van der Waals surface area contributed by atoms with Crippen LogP contribution in [-0.2, 0) is 30.4 Å². The monoisotopic (exact) mass is 497 g/mol. The lowest BCUT2D eigenvalue weighted by molar-refractivity contribution is -0.142. The van der Waals surface area contributed by atoms with E-state index in [1.54, 1.807) is 30.3 Å². The Balaban J connectivity index is 2.94. The molecule has 0 saturated heterocycles. The number of hydrogen-bond donors (Lipinski definition) is 8. The predicted octanol–water partition coefficient (Wildman–Crippen LogP) is -2.33. The second-order valence-electron chi connectivity index (χ2n) is 7.67. The van der Waals surface area contributed by atoms with Gasteiger partial charge in [-0.1, -0.05) is 30.3 Å². The minimum Gasteiger partial charge on any atom is -0.480 e. The molecule has 0 aliphatic carbocycles. The van der Waals surface area contributed by atoms with E-state index in [2.05, 4.69) is 28.6 Å². The van der Waals surface area contributed by atoms with Crippen LogP contribution in [0.1, 0.15) is 25.3 Å². The molecule has 0 aliphatic heterocycles. The summed E-state index contributed by atoms with van der Waals surface area (Å²) in [5.41, 5.74) is 11.4. The molecule has 0 bridgehead atoms. The van der Waals surface area contributed by atoms with Gasteiger partial charge in [0.05, 0.1) is 6.10 Å². The fourth-order valence-corrected chi connectivity index (χ4v) is 3.09. The fourth-order valence-electron chi connectivity index (χ4n) is 2.83. The zero-order valence-electron chi connectivity index (χ0n) is 18.6. The normalized spacial score (nSPS) is 15.2. The van der Waals surface area contributed by atoms with Crippen molar-refractivity contribution in [2.45, 2.75) is 56.5 Å². The largest absolute Gasteiger partial charge is 0.480 e. The Labute approximate surface area is 202 Å². The summed E-state index contributed by atoms with van der Waals surface area (Å²) < 4.78 is 0. The second kappa shape index (κ2) is 14.2. The number of benzene rings is 1. The van der Waals surface area contributed by atoms with Crippen molar-refractivity contribution in [2.75, 3.05) is 5.75 Å². The highest BCUT2D eigenvalue weighted by Crippen LogP contribution is 2.06. The van der Waals surface area contributed by atoms with Gasteiger partial charge in [-0.05, 0) is 18.9 Å². The van der Waals surface area contributed by atoms with Gasteiger partial charge < -0.3 is 37.6 Å². The van der Waals surface area contributed by atoms with Gasteiger partial charge in [0, 0.05) is 18.6 Å². The van der Waals surface area contributed by atoms with Crippen LogP contribution in [0.3, 0.4) is 0 Å². The summed E-state index contributed by atoms with van der Waals surface area (Å²) in [6.07, 6.45) is -1.65. The van der Waals surface area contributed by atoms with Crippen LogP contribution in [0.15, 0.2) is 30.3 Å². The number of carbonyl (C=O) groups excluding carboxylic acids is 4. The zero-order chi connectivity index (χ0) is 25.8.